The number of carbonyl (C=O) groups is 1. The fraction of sp³-hybridized carbons (Fsp3) is 0.800. The topological polar surface area (TPSA) is 95.3 Å². The minimum atomic E-state index is -1.37. The van der Waals surface area contributed by atoms with Crippen LogP contribution in [0, 0.1) is 0 Å². The van der Waals surface area contributed by atoms with Crippen molar-refractivity contribution in [2.24, 2.45) is 5.11 Å². The Kier molecular flexibility index (Phi) is 3.20. The van der Waals surface area contributed by atoms with Crippen molar-refractivity contribution in [2.75, 3.05) is 6.54 Å². The van der Waals surface area contributed by atoms with Crippen LogP contribution in [0.1, 0.15) is 13.8 Å². The second-order valence-corrected chi connectivity index (χ2v) is 2.52. The van der Waals surface area contributed by atoms with E-state index in [1.54, 1.807) is 0 Å². The second-order valence-electron chi connectivity index (χ2n) is 2.52. The average molecular weight is 159 g/mol. The van der Waals surface area contributed by atoms with Gasteiger partial charge in [0.15, 0.2) is 0 Å². The van der Waals surface area contributed by atoms with Crippen molar-refractivity contribution in [1.82, 2.24) is 0 Å². The van der Waals surface area contributed by atoms with Gasteiger partial charge in [-0.1, -0.05) is 5.11 Å². The van der Waals surface area contributed by atoms with Crippen molar-refractivity contribution in [2.45, 2.75) is 19.4 Å². The van der Waals surface area contributed by atoms with Crippen molar-refractivity contribution in [3.63, 3.8) is 0 Å². The van der Waals surface area contributed by atoms with Gasteiger partial charge in [-0.05, 0) is 19.4 Å². The average Bonchev–Trinajstić information content (AvgIpc) is 1.81. The summed E-state index contributed by atoms with van der Waals surface area (Å²) < 4.78 is 4.39. The summed E-state index contributed by atoms with van der Waals surface area (Å²) in [5.74, 6) is 0. The number of hydrogen-bond donors (Lipinski definition) is 1. The van der Waals surface area contributed by atoms with Crippen LogP contribution < -0.4 is 0 Å². The van der Waals surface area contributed by atoms with E-state index in [-0.39, 0.29) is 6.54 Å². The molecule has 0 saturated heterocycles. The normalized spacial score (nSPS) is 10.0. The largest absolute Gasteiger partial charge is 0.506 e. The summed E-state index contributed by atoms with van der Waals surface area (Å²) in [4.78, 5) is 12.5. The molecule has 1 N–H and O–H groups in total. The van der Waals surface area contributed by atoms with Crippen LogP contribution in [-0.2, 0) is 4.74 Å². The number of hydrogen-bond acceptors (Lipinski definition) is 3. The highest BCUT2D eigenvalue weighted by atomic mass is 16.7. The van der Waals surface area contributed by atoms with Gasteiger partial charge in [0.25, 0.3) is 0 Å². The first-order valence-corrected chi connectivity index (χ1v) is 2.91. The third-order valence-electron chi connectivity index (χ3n) is 0.878. The molecule has 0 radical (unpaired) electrons. The molecule has 0 aliphatic carbocycles. The van der Waals surface area contributed by atoms with Gasteiger partial charge in [0.2, 0.25) is 0 Å². The molecule has 0 amide bonds. The first-order valence-electron chi connectivity index (χ1n) is 2.91. The van der Waals surface area contributed by atoms with Gasteiger partial charge in [-0.2, -0.15) is 0 Å². The molecule has 0 atom stereocenters. The van der Waals surface area contributed by atoms with E-state index in [2.05, 4.69) is 14.8 Å². The van der Waals surface area contributed by atoms with Crippen LogP contribution in [0.5, 0.6) is 0 Å². The summed E-state index contributed by atoms with van der Waals surface area (Å²) in [5.41, 5.74) is 6.97. The lowest BCUT2D eigenvalue weighted by atomic mass is 10.1. The molecule has 0 unspecified atom stereocenters. The van der Waals surface area contributed by atoms with Crippen LogP contribution in [0.15, 0.2) is 5.11 Å². The zero-order valence-corrected chi connectivity index (χ0v) is 6.31. The Morgan fingerprint density at radius 3 is 2.73 bits per heavy atom. The first-order chi connectivity index (χ1) is 4.98. The third kappa shape index (κ3) is 5.05. The molecular weight excluding hydrogens is 150 g/mol. The number of rotatable bonds is 3. The van der Waals surface area contributed by atoms with Gasteiger partial charge in [0.05, 0.1) is 6.54 Å². The summed E-state index contributed by atoms with van der Waals surface area (Å²) in [7, 11) is 0. The summed E-state index contributed by atoms with van der Waals surface area (Å²) >= 11 is 0. The van der Waals surface area contributed by atoms with Crippen molar-refractivity contribution < 1.29 is 14.6 Å². The molecule has 0 spiro atoms. The van der Waals surface area contributed by atoms with E-state index in [4.69, 9.17) is 10.6 Å². The molecule has 0 rings (SSSR count). The lowest BCUT2D eigenvalue weighted by Gasteiger charge is -2.19. The van der Waals surface area contributed by atoms with E-state index in [9.17, 15) is 4.79 Å². The van der Waals surface area contributed by atoms with Crippen molar-refractivity contribution >= 4 is 6.16 Å². The van der Waals surface area contributed by atoms with Crippen molar-refractivity contribution in [3.05, 3.63) is 10.4 Å². The summed E-state index contributed by atoms with van der Waals surface area (Å²) in [6, 6.07) is 0. The molecule has 0 bridgehead atoms. The number of nitrogens with zero attached hydrogens (tertiary/aromatic N) is 3. The van der Waals surface area contributed by atoms with Crippen LogP contribution >= 0.6 is 0 Å². The minimum absolute atomic E-state index is 0.00417. The smallest absolute Gasteiger partial charge is 0.450 e. The molecule has 62 valence electrons. The number of ether oxygens (including phenoxy) is 1. The monoisotopic (exact) mass is 159 g/mol. The highest BCUT2D eigenvalue weighted by molar-refractivity contribution is 5.57. The predicted molar refractivity (Wildman–Crippen MR) is 37.2 cm³/mol. The molecule has 0 fully saturated rings. The van der Waals surface area contributed by atoms with E-state index >= 15 is 0 Å². The Bertz CT molecular complexity index is 189. The molecule has 6 nitrogen and oxygen atoms in total. The maximum atomic E-state index is 10.0. The molecule has 0 aromatic carbocycles. The molecule has 0 aromatic rings. The van der Waals surface area contributed by atoms with Gasteiger partial charge in [-0.25, -0.2) is 4.79 Å². The molecule has 6 heteroatoms. The fourth-order valence-corrected chi connectivity index (χ4v) is 0.471. The number of carboxylic acid groups (broad SMARTS) is 1. The molecule has 11 heavy (non-hydrogen) atoms. The molecule has 0 aliphatic rings. The van der Waals surface area contributed by atoms with Gasteiger partial charge < -0.3 is 9.84 Å². The maximum Gasteiger partial charge on any atom is 0.506 e. The highest BCUT2D eigenvalue weighted by Crippen LogP contribution is 2.09. The van der Waals surface area contributed by atoms with Gasteiger partial charge in [-0.3, -0.25) is 0 Å². The molecule has 0 aliphatic heterocycles. The molecule has 0 saturated carbocycles. The van der Waals surface area contributed by atoms with Crippen LogP contribution in [0.4, 0.5) is 4.79 Å². The highest BCUT2D eigenvalue weighted by Gasteiger charge is 2.21. The minimum Gasteiger partial charge on any atom is -0.450 e. The quantitative estimate of drug-likeness (QED) is 0.294. The lowest BCUT2D eigenvalue weighted by molar-refractivity contribution is 0.00932. The molecule has 0 aromatic heterocycles. The van der Waals surface area contributed by atoms with Gasteiger partial charge in [-0.15, -0.1) is 0 Å². The lowest BCUT2D eigenvalue weighted by Crippen LogP contribution is -2.30. The zero-order valence-electron chi connectivity index (χ0n) is 6.31. The second kappa shape index (κ2) is 3.68. The Labute approximate surface area is 63.4 Å². The SMILES string of the molecule is CC(C)(CN=[N+]=[N-])OC(=O)O. The number of azide groups is 1. The van der Waals surface area contributed by atoms with Crippen LogP contribution in [-0.4, -0.2) is 23.4 Å². The van der Waals surface area contributed by atoms with Crippen molar-refractivity contribution in [3.8, 4) is 0 Å². The maximum absolute atomic E-state index is 10.0. The standard InChI is InChI=1S/C5H9N3O3/c1-5(2,3-7-8-6)11-4(9)10/h3H2,1-2H3,(H,9,10). The Balaban J connectivity index is 3.98. The summed E-state index contributed by atoms with van der Waals surface area (Å²) in [6.45, 7) is 3.04. The summed E-state index contributed by atoms with van der Waals surface area (Å²) in [5, 5.41) is 11.4. The zero-order chi connectivity index (χ0) is 8.91. The Hall–Kier alpha value is -1.42. The van der Waals surface area contributed by atoms with E-state index in [1.807, 2.05) is 0 Å². The van der Waals surface area contributed by atoms with E-state index < -0.39 is 11.8 Å². The van der Waals surface area contributed by atoms with Gasteiger partial charge in [0, 0.05) is 4.91 Å². The van der Waals surface area contributed by atoms with E-state index in [0.717, 1.165) is 0 Å². The molecular formula is C5H9N3O3. The summed E-state index contributed by atoms with van der Waals surface area (Å²) in [6.07, 6.45) is -1.37. The first kappa shape index (κ1) is 9.58. The van der Waals surface area contributed by atoms with E-state index in [0.29, 0.717) is 0 Å². The fourth-order valence-electron chi connectivity index (χ4n) is 0.471. The Morgan fingerprint density at radius 1 is 1.82 bits per heavy atom. The van der Waals surface area contributed by atoms with Gasteiger partial charge >= 0.3 is 6.16 Å². The van der Waals surface area contributed by atoms with Crippen LogP contribution in [0.2, 0.25) is 0 Å². The predicted octanol–water partition coefficient (Wildman–Crippen LogP) is 1.77. The Morgan fingerprint density at radius 2 is 2.36 bits per heavy atom. The van der Waals surface area contributed by atoms with Crippen LogP contribution in [0.3, 0.4) is 0 Å². The third-order valence-corrected chi connectivity index (χ3v) is 0.878. The van der Waals surface area contributed by atoms with E-state index in [1.165, 1.54) is 13.8 Å². The van der Waals surface area contributed by atoms with Crippen LogP contribution in [0.25, 0.3) is 10.4 Å². The molecule has 0 heterocycles. The van der Waals surface area contributed by atoms with Gasteiger partial charge in [0.1, 0.15) is 5.60 Å². The van der Waals surface area contributed by atoms with Crippen molar-refractivity contribution in [1.29, 1.82) is 0 Å².